The van der Waals surface area contributed by atoms with Crippen LogP contribution in [-0.4, -0.2) is 9.13 Å². The van der Waals surface area contributed by atoms with Crippen molar-refractivity contribution in [2.45, 2.75) is 6.92 Å². The molecule has 10 aromatic rings. The summed E-state index contributed by atoms with van der Waals surface area (Å²) < 4.78 is 4.87. The molecular weight excluding hydrogens is 617 g/mol. The fraction of sp³-hybridized carbons (Fsp3) is 0.0204. The molecule has 0 bridgehead atoms. The van der Waals surface area contributed by atoms with E-state index in [1.165, 1.54) is 110 Å². The Hall–Kier alpha value is -6.64. The number of rotatable bonds is 4. The third-order valence-corrected chi connectivity index (χ3v) is 11.2. The summed E-state index contributed by atoms with van der Waals surface area (Å²) in [5.41, 5.74) is 14.7. The van der Waals surface area contributed by atoms with Crippen LogP contribution in [0.4, 0.5) is 0 Å². The zero-order chi connectivity index (χ0) is 33.8. The second-order valence-electron chi connectivity index (χ2n) is 13.8. The molecule has 2 heteroatoms. The highest BCUT2D eigenvalue weighted by Crippen LogP contribution is 2.45. The maximum atomic E-state index is 4.19. The van der Waals surface area contributed by atoms with Gasteiger partial charge in [-0.3, -0.25) is 0 Å². The van der Waals surface area contributed by atoms with Gasteiger partial charge in [-0.25, -0.2) is 0 Å². The fourth-order valence-electron chi connectivity index (χ4n) is 8.91. The Balaban J connectivity index is 1.14. The first-order valence-corrected chi connectivity index (χ1v) is 17.6. The molecule has 0 atom stereocenters. The zero-order valence-electron chi connectivity index (χ0n) is 28.2. The minimum absolute atomic E-state index is 1.17. The predicted molar refractivity (Wildman–Crippen MR) is 218 cm³/mol. The number of hydrogen-bond donors (Lipinski definition) is 0. The van der Waals surface area contributed by atoms with Gasteiger partial charge < -0.3 is 9.13 Å². The number of aromatic nitrogens is 2. The van der Waals surface area contributed by atoms with Crippen LogP contribution in [0, 0.1) is 0 Å². The topological polar surface area (TPSA) is 9.86 Å². The fourth-order valence-corrected chi connectivity index (χ4v) is 8.91. The van der Waals surface area contributed by atoms with Gasteiger partial charge in [-0.1, -0.05) is 116 Å². The van der Waals surface area contributed by atoms with Gasteiger partial charge in [-0.05, 0) is 111 Å². The molecule has 1 aliphatic carbocycles. The Kier molecular flexibility index (Phi) is 5.77. The van der Waals surface area contributed by atoms with Crippen LogP contribution in [0.2, 0.25) is 0 Å². The highest BCUT2D eigenvalue weighted by atomic mass is 15.0. The summed E-state index contributed by atoms with van der Waals surface area (Å²) in [6.45, 7) is 6.41. The van der Waals surface area contributed by atoms with Crippen LogP contribution in [0.15, 0.2) is 170 Å². The van der Waals surface area contributed by atoms with Crippen LogP contribution in [0.25, 0.3) is 98.8 Å². The summed E-state index contributed by atoms with van der Waals surface area (Å²) in [5.74, 6) is 0. The van der Waals surface area contributed by atoms with E-state index in [4.69, 9.17) is 0 Å². The molecule has 2 nitrogen and oxygen atoms in total. The molecule has 0 saturated heterocycles. The molecule has 238 valence electrons. The van der Waals surface area contributed by atoms with Gasteiger partial charge in [0.1, 0.15) is 0 Å². The molecule has 2 aromatic heterocycles. The number of allylic oxidation sites excluding steroid dienone is 3. The van der Waals surface area contributed by atoms with Crippen LogP contribution >= 0.6 is 0 Å². The van der Waals surface area contributed by atoms with Gasteiger partial charge in [0.2, 0.25) is 0 Å². The van der Waals surface area contributed by atoms with E-state index >= 15 is 0 Å². The Morgan fingerprint density at radius 1 is 0.451 bits per heavy atom. The van der Waals surface area contributed by atoms with E-state index in [1.54, 1.807) is 0 Å². The lowest BCUT2D eigenvalue weighted by Crippen LogP contribution is -1.96. The van der Waals surface area contributed by atoms with Crippen molar-refractivity contribution in [1.29, 1.82) is 0 Å². The third kappa shape index (κ3) is 3.87. The molecule has 0 spiro atoms. The lowest BCUT2D eigenvalue weighted by atomic mass is 9.99. The molecule has 8 aromatic carbocycles. The first-order valence-electron chi connectivity index (χ1n) is 17.6. The van der Waals surface area contributed by atoms with E-state index in [1.807, 2.05) is 6.08 Å². The monoisotopic (exact) mass is 648 g/mol. The van der Waals surface area contributed by atoms with E-state index in [0.717, 1.165) is 0 Å². The van der Waals surface area contributed by atoms with Crippen LogP contribution in [-0.2, 0) is 0 Å². The molecule has 11 rings (SSSR count). The Morgan fingerprint density at radius 3 is 1.92 bits per heavy atom. The lowest BCUT2D eigenvalue weighted by Gasteiger charge is -2.13. The van der Waals surface area contributed by atoms with Gasteiger partial charge >= 0.3 is 0 Å². The normalized spacial score (nSPS) is 12.8. The molecule has 0 radical (unpaired) electrons. The molecule has 0 saturated carbocycles. The number of hydrogen-bond acceptors (Lipinski definition) is 0. The molecule has 0 aliphatic heterocycles. The van der Waals surface area contributed by atoms with E-state index < -0.39 is 0 Å². The smallest absolute Gasteiger partial charge is 0.0619 e. The Labute approximate surface area is 295 Å². The minimum atomic E-state index is 1.17. The maximum Gasteiger partial charge on any atom is 0.0619 e. The van der Waals surface area contributed by atoms with Crippen molar-refractivity contribution in [2.75, 3.05) is 0 Å². The number of nitrogens with zero attached hydrogens (tertiary/aromatic N) is 2. The van der Waals surface area contributed by atoms with Crippen molar-refractivity contribution < 1.29 is 0 Å². The van der Waals surface area contributed by atoms with Crippen molar-refractivity contribution in [2.24, 2.45) is 0 Å². The van der Waals surface area contributed by atoms with Crippen LogP contribution < -0.4 is 0 Å². The summed E-state index contributed by atoms with van der Waals surface area (Å²) >= 11 is 0. The standard InChI is InChI=1S/C49H32N2/c1-3-37-30(2)38-18-11-13-34-26-36(29-44(37)48(34)38)50-45-19-10-9-17-40(45)42-27-32(21-24-46(42)50)33-22-25-47-43(28-33)41-23-20-31-12-7-8-16-39(31)49(41)51(47)35-14-5-4-6-15-35/h3-29H,1H2,2H3. The minimum Gasteiger partial charge on any atom is -0.309 e. The van der Waals surface area contributed by atoms with E-state index in [9.17, 15) is 0 Å². The molecule has 51 heavy (non-hydrogen) atoms. The molecule has 2 heterocycles. The maximum absolute atomic E-state index is 4.19. The molecule has 0 N–H and O–H groups in total. The average molecular weight is 649 g/mol. The predicted octanol–water partition coefficient (Wildman–Crippen LogP) is 13.3. The third-order valence-electron chi connectivity index (χ3n) is 11.2. The van der Waals surface area contributed by atoms with Crippen molar-refractivity contribution in [1.82, 2.24) is 9.13 Å². The highest BCUT2D eigenvalue weighted by molar-refractivity contribution is 6.20. The SMILES string of the molecule is C=CC1=C(C)c2cccc3cc(-n4c5ccccc5c5cc(-c6ccc7c(c6)c6ccc8ccccc8c6n7-c6ccccc6)ccc54)cc1c23. The molecule has 1 aliphatic rings. The van der Waals surface area contributed by atoms with Gasteiger partial charge in [-0.2, -0.15) is 0 Å². The Morgan fingerprint density at radius 2 is 1.12 bits per heavy atom. The number of fused-ring (bicyclic) bond motifs is 8. The van der Waals surface area contributed by atoms with E-state index in [0.29, 0.717) is 0 Å². The van der Waals surface area contributed by atoms with Crippen molar-refractivity contribution in [3.8, 4) is 22.5 Å². The molecular formula is C49H32N2. The van der Waals surface area contributed by atoms with E-state index in [2.05, 4.69) is 180 Å². The summed E-state index contributed by atoms with van der Waals surface area (Å²) in [4.78, 5) is 0. The van der Waals surface area contributed by atoms with Crippen LogP contribution in [0.3, 0.4) is 0 Å². The number of benzene rings is 8. The summed E-state index contributed by atoms with van der Waals surface area (Å²) in [5, 5.41) is 10.1. The van der Waals surface area contributed by atoms with Crippen molar-refractivity contribution >= 4 is 76.3 Å². The Bertz CT molecular complexity index is 3150. The van der Waals surface area contributed by atoms with Gasteiger partial charge in [0.25, 0.3) is 0 Å². The van der Waals surface area contributed by atoms with E-state index in [-0.39, 0.29) is 0 Å². The van der Waals surface area contributed by atoms with Crippen LogP contribution in [0.1, 0.15) is 18.1 Å². The summed E-state index contributed by atoms with van der Waals surface area (Å²) in [6.07, 6.45) is 2.02. The van der Waals surface area contributed by atoms with Gasteiger partial charge in [0.05, 0.1) is 22.1 Å². The lowest BCUT2D eigenvalue weighted by molar-refractivity contribution is 1.18. The van der Waals surface area contributed by atoms with Crippen molar-refractivity contribution in [3.05, 3.63) is 182 Å². The van der Waals surface area contributed by atoms with Gasteiger partial charge in [0, 0.05) is 38.3 Å². The first kappa shape index (κ1) is 28.2. The zero-order valence-corrected chi connectivity index (χ0v) is 28.2. The largest absolute Gasteiger partial charge is 0.309 e. The quantitative estimate of drug-likeness (QED) is 0.180. The van der Waals surface area contributed by atoms with Gasteiger partial charge in [-0.15, -0.1) is 0 Å². The highest BCUT2D eigenvalue weighted by Gasteiger charge is 2.22. The summed E-state index contributed by atoms with van der Waals surface area (Å²) in [6, 6.07) is 58.2. The first-order chi connectivity index (χ1) is 25.2. The molecule has 0 unspecified atom stereocenters. The average Bonchev–Trinajstić information content (AvgIpc) is 3.80. The second kappa shape index (κ2) is 10.4. The van der Waals surface area contributed by atoms with Crippen molar-refractivity contribution in [3.63, 3.8) is 0 Å². The summed E-state index contributed by atoms with van der Waals surface area (Å²) in [7, 11) is 0. The second-order valence-corrected chi connectivity index (χ2v) is 13.8. The molecule has 0 fully saturated rings. The molecule has 0 amide bonds. The number of para-hydroxylation sites is 2. The van der Waals surface area contributed by atoms with Gasteiger partial charge in [0.15, 0.2) is 0 Å². The van der Waals surface area contributed by atoms with Crippen LogP contribution in [0.5, 0.6) is 0 Å².